The van der Waals surface area contributed by atoms with E-state index in [-0.39, 0.29) is 5.91 Å². The maximum atomic E-state index is 11.9. The summed E-state index contributed by atoms with van der Waals surface area (Å²) in [5.41, 5.74) is 0.695. The summed E-state index contributed by atoms with van der Waals surface area (Å²) in [4.78, 5) is 18.5. The molecule has 1 N–H and O–H groups in total. The Bertz CT molecular complexity index is 633. The highest BCUT2D eigenvalue weighted by Crippen LogP contribution is 2.22. The van der Waals surface area contributed by atoms with Crippen LogP contribution in [0.5, 0.6) is 0 Å². The molecule has 0 aliphatic heterocycles. The van der Waals surface area contributed by atoms with Crippen LogP contribution in [0.2, 0.25) is 5.15 Å². The van der Waals surface area contributed by atoms with Gasteiger partial charge in [0.25, 0.3) is 0 Å². The van der Waals surface area contributed by atoms with Gasteiger partial charge in [0.05, 0.1) is 11.8 Å². The third-order valence-electron chi connectivity index (χ3n) is 2.90. The minimum absolute atomic E-state index is 0.133. The minimum Gasteiger partial charge on any atom is -0.393 e. The second kappa shape index (κ2) is 6.39. The number of hydrogen-bond donors (Lipinski definition) is 1. The molecule has 1 unspecified atom stereocenters. The fraction of sp³-hybridized carbons (Fsp3) is 0.385. The Morgan fingerprint density at radius 2 is 2.45 bits per heavy atom. The van der Waals surface area contributed by atoms with E-state index in [0.29, 0.717) is 23.8 Å². The Morgan fingerprint density at radius 3 is 3.15 bits per heavy atom. The van der Waals surface area contributed by atoms with Crippen LogP contribution in [0.15, 0.2) is 17.7 Å². The second-order valence-corrected chi connectivity index (χ2v) is 5.81. The third kappa shape index (κ3) is 3.39. The average molecular weight is 314 g/mol. The Hall–Kier alpha value is -1.37. The molecule has 0 bridgehead atoms. The lowest BCUT2D eigenvalue weighted by atomic mass is 10.2. The van der Waals surface area contributed by atoms with Crippen LogP contribution in [0.4, 0.5) is 0 Å². The molecule has 0 radical (unpaired) electrons. The van der Waals surface area contributed by atoms with Gasteiger partial charge >= 0.3 is 0 Å². The summed E-state index contributed by atoms with van der Waals surface area (Å²) >= 11 is 7.52. The Morgan fingerprint density at radius 1 is 1.70 bits per heavy atom. The first-order valence-corrected chi connectivity index (χ1v) is 7.47. The van der Waals surface area contributed by atoms with Crippen molar-refractivity contribution < 1.29 is 9.90 Å². The highest BCUT2D eigenvalue weighted by Gasteiger charge is 2.10. The molecule has 1 amide bonds. The zero-order chi connectivity index (χ0) is 14.7. The van der Waals surface area contributed by atoms with Crippen molar-refractivity contribution in [2.45, 2.75) is 19.4 Å². The van der Waals surface area contributed by atoms with E-state index in [1.807, 2.05) is 16.0 Å². The topological polar surface area (TPSA) is 57.8 Å². The molecule has 2 aromatic heterocycles. The molecule has 2 rings (SSSR count). The quantitative estimate of drug-likeness (QED) is 0.862. The fourth-order valence-electron chi connectivity index (χ4n) is 1.69. The lowest BCUT2D eigenvalue weighted by molar-refractivity contribution is -0.124. The number of amides is 1. The Balaban J connectivity index is 2.06. The van der Waals surface area contributed by atoms with Crippen LogP contribution in [0.3, 0.4) is 0 Å². The van der Waals surface area contributed by atoms with Crippen molar-refractivity contribution >= 4 is 39.9 Å². The molecule has 7 heteroatoms. The van der Waals surface area contributed by atoms with Gasteiger partial charge in [0.2, 0.25) is 5.91 Å². The zero-order valence-corrected chi connectivity index (χ0v) is 12.9. The zero-order valence-electron chi connectivity index (χ0n) is 11.3. The SMILES string of the molecule is CC(O)CCN(C)C(=O)/C=C/c1c(Cl)nc2sccn12. The summed E-state index contributed by atoms with van der Waals surface area (Å²) < 4.78 is 1.84. The molecule has 0 aliphatic carbocycles. The van der Waals surface area contributed by atoms with Crippen molar-refractivity contribution in [3.63, 3.8) is 0 Å². The van der Waals surface area contributed by atoms with Gasteiger partial charge in [-0.25, -0.2) is 4.98 Å². The van der Waals surface area contributed by atoms with E-state index in [1.54, 1.807) is 24.9 Å². The number of halogens is 1. The number of hydrogen-bond acceptors (Lipinski definition) is 4. The van der Waals surface area contributed by atoms with Crippen LogP contribution in [-0.2, 0) is 4.79 Å². The molecule has 20 heavy (non-hydrogen) atoms. The highest BCUT2D eigenvalue weighted by molar-refractivity contribution is 7.15. The summed E-state index contributed by atoms with van der Waals surface area (Å²) in [7, 11) is 1.70. The van der Waals surface area contributed by atoms with Gasteiger partial charge in [-0.3, -0.25) is 9.20 Å². The van der Waals surface area contributed by atoms with E-state index in [4.69, 9.17) is 11.6 Å². The summed E-state index contributed by atoms with van der Waals surface area (Å²) in [5, 5.41) is 11.5. The third-order valence-corrected chi connectivity index (χ3v) is 3.93. The number of thiazole rings is 1. The predicted molar refractivity (Wildman–Crippen MR) is 81.0 cm³/mol. The summed E-state index contributed by atoms with van der Waals surface area (Å²) in [6.45, 7) is 2.21. The van der Waals surface area contributed by atoms with Crippen molar-refractivity contribution in [3.8, 4) is 0 Å². The molecule has 2 aromatic rings. The lowest BCUT2D eigenvalue weighted by Crippen LogP contribution is -2.27. The molecule has 5 nitrogen and oxygen atoms in total. The van der Waals surface area contributed by atoms with E-state index in [2.05, 4.69) is 4.98 Å². The van der Waals surface area contributed by atoms with Gasteiger partial charge in [-0.1, -0.05) is 11.6 Å². The average Bonchev–Trinajstić information content (AvgIpc) is 2.94. The van der Waals surface area contributed by atoms with E-state index in [1.165, 1.54) is 17.4 Å². The van der Waals surface area contributed by atoms with E-state index in [0.717, 1.165) is 4.96 Å². The molecule has 2 heterocycles. The molecule has 0 saturated carbocycles. The van der Waals surface area contributed by atoms with Gasteiger partial charge in [0, 0.05) is 31.2 Å². The lowest BCUT2D eigenvalue weighted by Gasteiger charge is -2.15. The van der Waals surface area contributed by atoms with Crippen LogP contribution in [0.1, 0.15) is 19.0 Å². The maximum Gasteiger partial charge on any atom is 0.246 e. The summed E-state index contributed by atoms with van der Waals surface area (Å²) in [5.74, 6) is -0.133. The number of rotatable bonds is 5. The molecule has 0 fully saturated rings. The number of nitrogens with zero attached hydrogens (tertiary/aromatic N) is 3. The number of carbonyl (C=O) groups excluding carboxylic acids is 1. The first-order valence-electron chi connectivity index (χ1n) is 6.21. The van der Waals surface area contributed by atoms with Crippen LogP contribution < -0.4 is 0 Å². The summed E-state index contributed by atoms with van der Waals surface area (Å²) in [6.07, 6.45) is 5.13. The number of aromatic nitrogens is 2. The van der Waals surface area contributed by atoms with Crippen molar-refractivity contribution in [3.05, 3.63) is 28.5 Å². The second-order valence-electron chi connectivity index (χ2n) is 4.57. The van der Waals surface area contributed by atoms with Crippen LogP contribution >= 0.6 is 22.9 Å². The summed E-state index contributed by atoms with van der Waals surface area (Å²) in [6, 6.07) is 0. The van der Waals surface area contributed by atoms with Crippen molar-refractivity contribution in [2.24, 2.45) is 0 Å². The normalized spacial score (nSPS) is 13.2. The fourth-order valence-corrected chi connectivity index (χ4v) is 2.70. The van der Waals surface area contributed by atoms with Crippen molar-refractivity contribution in [1.29, 1.82) is 0 Å². The number of fused-ring (bicyclic) bond motifs is 1. The largest absolute Gasteiger partial charge is 0.393 e. The number of imidazole rings is 1. The number of carbonyl (C=O) groups is 1. The molecule has 108 valence electrons. The molecule has 0 aromatic carbocycles. The standard InChI is InChI=1S/C13H16ClN3O2S/c1-9(18)5-6-16(2)11(19)4-3-10-12(14)15-13-17(10)7-8-20-13/h3-4,7-9,18H,5-6H2,1-2H3/b4-3+. The van der Waals surface area contributed by atoms with Gasteiger partial charge in [-0.2, -0.15) is 0 Å². The van der Waals surface area contributed by atoms with Crippen molar-refractivity contribution in [1.82, 2.24) is 14.3 Å². The van der Waals surface area contributed by atoms with Gasteiger partial charge in [-0.15, -0.1) is 11.3 Å². The molecule has 0 spiro atoms. The molecule has 1 atom stereocenters. The number of aliphatic hydroxyl groups excluding tert-OH is 1. The monoisotopic (exact) mass is 313 g/mol. The predicted octanol–water partition coefficient (Wildman–Crippen LogP) is 2.29. The van der Waals surface area contributed by atoms with Gasteiger partial charge in [-0.05, 0) is 19.4 Å². The van der Waals surface area contributed by atoms with Gasteiger partial charge < -0.3 is 10.0 Å². The molecular weight excluding hydrogens is 298 g/mol. The number of aliphatic hydroxyl groups is 1. The first kappa shape index (κ1) is 15.0. The van der Waals surface area contributed by atoms with Crippen LogP contribution in [0.25, 0.3) is 11.0 Å². The smallest absolute Gasteiger partial charge is 0.246 e. The molecule has 0 saturated heterocycles. The Kier molecular flexibility index (Phi) is 4.80. The first-order chi connectivity index (χ1) is 9.49. The highest BCUT2D eigenvalue weighted by atomic mass is 35.5. The van der Waals surface area contributed by atoms with Crippen molar-refractivity contribution in [2.75, 3.05) is 13.6 Å². The maximum absolute atomic E-state index is 11.9. The molecular formula is C13H16ClN3O2S. The molecule has 0 aliphatic rings. The van der Waals surface area contributed by atoms with E-state index >= 15 is 0 Å². The minimum atomic E-state index is -0.413. The Labute approximate surface area is 126 Å². The van der Waals surface area contributed by atoms with Gasteiger partial charge in [0.1, 0.15) is 0 Å². The van der Waals surface area contributed by atoms with Crippen LogP contribution in [0, 0.1) is 0 Å². The van der Waals surface area contributed by atoms with E-state index in [9.17, 15) is 9.90 Å². The number of likely N-dealkylation sites (N-methyl/N-ethyl adjacent to an activating group) is 1. The van der Waals surface area contributed by atoms with E-state index < -0.39 is 6.10 Å². The van der Waals surface area contributed by atoms with Crippen LogP contribution in [-0.4, -0.2) is 45.0 Å². The van der Waals surface area contributed by atoms with Gasteiger partial charge in [0.15, 0.2) is 10.1 Å².